The van der Waals surface area contributed by atoms with Crippen LogP contribution in [0.4, 0.5) is 0 Å². The number of rotatable bonds is 2. The lowest BCUT2D eigenvalue weighted by Gasteiger charge is -2.24. The predicted molar refractivity (Wildman–Crippen MR) is 77.9 cm³/mol. The number of β-amino-alcohol motifs (C(OH)–C–C–N with tert-alkyl or cyclic N) is 1. The quantitative estimate of drug-likeness (QED) is 0.867. The second-order valence-electron chi connectivity index (χ2n) is 5.32. The Morgan fingerprint density at radius 3 is 2.62 bits per heavy atom. The number of likely N-dealkylation sites (tertiary alicyclic amines) is 1. The van der Waals surface area contributed by atoms with Crippen molar-refractivity contribution in [1.29, 1.82) is 0 Å². The highest BCUT2D eigenvalue weighted by Gasteiger charge is 2.39. The highest BCUT2D eigenvalue weighted by atomic mass is 16.3. The molecule has 1 amide bonds. The third kappa shape index (κ3) is 2.60. The van der Waals surface area contributed by atoms with Crippen LogP contribution >= 0.6 is 0 Å². The zero-order valence-corrected chi connectivity index (χ0v) is 11.5. The Bertz CT molecular complexity index is 690. The number of nitrogens with zero attached hydrogens (tertiary/aromatic N) is 1. The normalized spacial score (nSPS) is 21.5. The van der Waals surface area contributed by atoms with Gasteiger partial charge in [0.2, 0.25) is 5.56 Å². The molecule has 1 fully saturated rings. The number of carbonyl (C=O) groups is 1. The van der Waals surface area contributed by atoms with Crippen molar-refractivity contribution in [3.8, 4) is 0 Å². The van der Waals surface area contributed by atoms with Crippen LogP contribution in [-0.4, -0.2) is 34.0 Å². The molecule has 5 nitrogen and oxygen atoms in total. The van der Waals surface area contributed by atoms with E-state index in [0.717, 1.165) is 5.56 Å². The van der Waals surface area contributed by atoms with Gasteiger partial charge >= 0.3 is 0 Å². The van der Waals surface area contributed by atoms with Gasteiger partial charge in [0.25, 0.3) is 5.91 Å². The van der Waals surface area contributed by atoms with Gasteiger partial charge in [0, 0.05) is 18.8 Å². The van der Waals surface area contributed by atoms with Crippen LogP contribution < -0.4 is 5.56 Å². The Balaban J connectivity index is 1.79. The monoisotopic (exact) mass is 284 g/mol. The predicted octanol–water partition coefficient (Wildman–Crippen LogP) is 1.11. The zero-order valence-electron chi connectivity index (χ0n) is 11.5. The molecule has 2 heterocycles. The summed E-state index contributed by atoms with van der Waals surface area (Å²) in [6, 6.07) is 12.2. The smallest absolute Gasteiger partial charge is 0.255 e. The summed E-state index contributed by atoms with van der Waals surface area (Å²) in [5, 5.41) is 10.7. The van der Waals surface area contributed by atoms with Crippen LogP contribution in [0.3, 0.4) is 0 Å². The molecule has 0 saturated carbocycles. The standard InChI is InChI=1S/C16H16N2O3/c19-14-7-6-12(10-17-14)15(20)18-9-8-16(21,11-18)13-4-2-1-3-5-13/h1-7,10,21H,8-9,11H2,(H,17,19)/t16-/m0/s1. The number of benzene rings is 1. The first-order chi connectivity index (χ1) is 10.1. The van der Waals surface area contributed by atoms with Gasteiger partial charge in [-0.1, -0.05) is 30.3 Å². The molecule has 1 aliphatic rings. The fourth-order valence-corrected chi connectivity index (χ4v) is 2.68. The molecular weight excluding hydrogens is 268 g/mol. The van der Waals surface area contributed by atoms with Crippen LogP contribution in [-0.2, 0) is 5.60 Å². The molecule has 0 radical (unpaired) electrons. The molecule has 21 heavy (non-hydrogen) atoms. The van der Waals surface area contributed by atoms with Gasteiger partial charge in [-0.3, -0.25) is 9.59 Å². The van der Waals surface area contributed by atoms with Crippen LogP contribution in [0.2, 0.25) is 0 Å². The van der Waals surface area contributed by atoms with E-state index in [1.165, 1.54) is 18.3 Å². The van der Waals surface area contributed by atoms with E-state index in [-0.39, 0.29) is 18.0 Å². The first-order valence-corrected chi connectivity index (χ1v) is 6.84. The lowest BCUT2D eigenvalue weighted by molar-refractivity contribution is 0.0417. The molecule has 3 rings (SSSR count). The number of nitrogens with one attached hydrogen (secondary N) is 1. The average Bonchev–Trinajstić information content (AvgIpc) is 2.92. The summed E-state index contributed by atoms with van der Waals surface area (Å²) >= 11 is 0. The van der Waals surface area contributed by atoms with Gasteiger partial charge in [0.1, 0.15) is 5.60 Å². The van der Waals surface area contributed by atoms with Crippen LogP contribution in [0.1, 0.15) is 22.3 Å². The van der Waals surface area contributed by atoms with Gasteiger partial charge < -0.3 is 15.0 Å². The third-order valence-corrected chi connectivity index (χ3v) is 3.88. The van der Waals surface area contributed by atoms with Crippen LogP contribution in [0.25, 0.3) is 0 Å². The van der Waals surface area contributed by atoms with E-state index in [0.29, 0.717) is 18.5 Å². The number of aromatic amines is 1. The number of amides is 1. The lowest BCUT2D eigenvalue weighted by atomic mass is 9.93. The van der Waals surface area contributed by atoms with E-state index in [9.17, 15) is 14.7 Å². The number of aliphatic hydroxyl groups is 1. The van der Waals surface area contributed by atoms with E-state index in [4.69, 9.17) is 0 Å². The fraction of sp³-hybridized carbons (Fsp3) is 0.250. The second-order valence-corrected chi connectivity index (χ2v) is 5.32. The van der Waals surface area contributed by atoms with Crippen molar-refractivity contribution in [3.05, 3.63) is 70.1 Å². The van der Waals surface area contributed by atoms with E-state index in [1.54, 1.807) is 4.90 Å². The van der Waals surface area contributed by atoms with Crippen molar-refractivity contribution in [1.82, 2.24) is 9.88 Å². The average molecular weight is 284 g/mol. The highest BCUT2D eigenvalue weighted by Crippen LogP contribution is 2.32. The van der Waals surface area contributed by atoms with Crippen LogP contribution in [0.15, 0.2) is 53.5 Å². The molecule has 1 aliphatic heterocycles. The first kappa shape index (κ1) is 13.6. The minimum atomic E-state index is -1.00. The maximum atomic E-state index is 12.4. The zero-order chi connectivity index (χ0) is 14.9. The summed E-state index contributed by atoms with van der Waals surface area (Å²) < 4.78 is 0. The molecule has 0 aliphatic carbocycles. The number of hydrogen-bond donors (Lipinski definition) is 2. The van der Waals surface area contributed by atoms with Gasteiger partial charge in [0.15, 0.2) is 0 Å². The molecule has 108 valence electrons. The fourth-order valence-electron chi connectivity index (χ4n) is 2.68. The largest absolute Gasteiger partial charge is 0.383 e. The molecule has 2 N–H and O–H groups in total. The van der Waals surface area contributed by atoms with E-state index in [1.807, 2.05) is 30.3 Å². The summed E-state index contributed by atoms with van der Waals surface area (Å²) in [6.45, 7) is 0.748. The molecule has 0 spiro atoms. The summed E-state index contributed by atoms with van der Waals surface area (Å²) in [4.78, 5) is 27.5. The number of pyridine rings is 1. The van der Waals surface area contributed by atoms with Gasteiger partial charge in [-0.2, -0.15) is 0 Å². The van der Waals surface area contributed by atoms with Crippen molar-refractivity contribution < 1.29 is 9.90 Å². The van der Waals surface area contributed by atoms with Crippen molar-refractivity contribution >= 4 is 5.91 Å². The lowest BCUT2D eigenvalue weighted by Crippen LogP contribution is -2.34. The van der Waals surface area contributed by atoms with Crippen LogP contribution in [0.5, 0.6) is 0 Å². The van der Waals surface area contributed by atoms with E-state index in [2.05, 4.69) is 4.98 Å². The second kappa shape index (κ2) is 5.18. The minimum Gasteiger partial charge on any atom is -0.383 e. The number of carbonyl (C=O) groups excluding carboxylic acids is 1. The Morgan fingerprint density at radius 2 is 1.95 bits per heavy atom. The highest BCUT2D eigenvalue weighted by molar-refractivity contribution is 5.94. The number of H-pyrrole nitrogens is 1. The van der Waals surface area contributed by atoms with Gasteiger partial charge in [0.05, 0.1) is 12.1 Å². The molecule has 1 atom stereocenters. The topological polar surface area (TPSA) is 73.4 Å². The molecule has 2 aromatic rings. The molecule has 5 heteroatoms. The Kier molecular flexibility index (Phi) is 3.35. The Labute approximate surface area is 121 Å². The molecule has 1 aromatic heterocycles. The maximum Gasteiger partial charge on any atom is 0.255 e. The SMILES string of the molecule is O=C(c1ccc(=O)[nH]c1)N1CC[C@@](O)(c2ccccc2)C1. The number of aromatic nitrogens is 1. The first-order valence-electron chi connectivity index (χ1n) is 6.84. The van der Waals surface area contributed by atoms with E-state index < -0.39 is 5.60 Å². The summed E-state index contributed by atoms with van der Waals surface area (Å²) in [6.07, 6.45) is 1.91. The molecule has 0 unspecified atom stereocenters. The summed E-state index contributed by atoms with van der Waals surface area (Å²) in [5.74, 6) is -0.182. The Morgan fingerprint density at radius 1 is 1.19 bits per heavy atom. The summed E-state index contributed by atoms with van der Waals surface area (Å²) in [5.41, 5.74) is 0.00138. The van der Waals surface area contributed by atoms with Crippen LogP contribution in [0, 0.1) is 0 Å². The Hall–Kier alpha value is -2.40. The molecular formula is C16H16N2O3. The van der Waals surface area contributed by atoms with Crippen molar-refractivity contribution in [3.63, 3.8) is 0 Å². The van der Waals surface area contributed by atoms with E-state index >= 15 is 0 Å². The summed E-state index contributed by atoms with van der Waals surface area (Å²) in [7, 11) is 0. The molecule has 0 bridgehead atoms. The van der Waals surface area contributed by atoms with Crippen molar-refractivity contribution in [2.75, 3.05) is 13.1 Å². The van der Waals surface area contributed by atoms with Gasteiger partial charge in [-0.15, -0.1) is 0 Å². The number of hydrogen-bond acceptors (Lipinski definition) is 3. The maximum absolute atomic E-state index is 12.4. The van der Waals surface area contributed by atoms with Crippen molar-refractivity contribution in [2.45, 2.75) is 12.0 Å². The molecule has 1 aromatic carbocycles. The third-order valence-electron chi connectivity index (χ3n) is 3.88. The van der Waals surface area contributed by atoms with Crippen molar-refractivity contribution in [2.24, 2.45) is 0 Å². The minimum absolute atomic E-state index is 0.182. The van der Waals surface area contributed by atoms with Gasteiger partial charge in [-0.05, 0) is 18.1 Å². The van der Waals surface area contributed by atoms with Gasteiger partial charge in [-0.25, -0.2) is 0 Å². The molecule has 1 saturated heterocycles.